The van der Waals surface area contributed by atoms with Crippen molar-refractivity contribution in [3.05, 3.63) is 11.7 Å². The minimum absolute atomic E-state index is 0.0640. The average Bonchev–Trinajstić information content (AvgIpc) is 2.85. The summed E-state index contributed by atoms with van der Waals surface area (Å²) in [5.74, 6) is 1.59. The lowest BCUT2D eigenvalue weighted by atomic mass is 10.0. The fourth-order valence-electron chi connectivity index (χ4n) is 1.92. The molecule has 0 spiro atoms. The second-order valence-corrected chi connectivity index (χ2v) is 4.26. The van der Waals surface area contributed by atoms with E-state index in [-0.39, 0.29) is 12.0 Å². The molecule has 2 N–H and O–H groups in total. The smallest absolute Gasteiger partial charge is 0.229 e. The van der Waals surface area contributed by atoms with Crippen LogP contribution in [-0.4, -0.2) is 43.1 Å². The molecule has 0 aliphatic carbocycles. The van der Waals surface area contributed by atoms with E-state index in [9.17, 15) is 0 Å². The highest BCUT2D eigenvalue weighted by molar-refractivity contribution is 4.97. The second-order valence-electron chi connectivity index (χ2n) is 4.26. The maximum atomic E-state index is 5.55. The largest absolute Gasteiger partial charge is 0.381 e. The summed E-state index contributed by atoms with van der Waals surface area (Å²) in [5, 5.41) is 4.00. The Morgan fingerprint density at radius 1 is 1.59 bits per heavy atom. The molecule has 0 bridgehead atoms. The zero-order chi connectivity index (χ0) is 12.1. The maximum absolute atomic E-state index is 5.55. The number of hydrogen-bond acceptors (Lipinski definition) is 6. The molecule has 1 aliphatic rings. The lowest BCUT2D eigenvalue weighted by Crippen LogP contribution is -2.24. The number of aromatic nitrogens is 2. The summed E-state index contributed by atoms with van der Waals surface area (Å²) in [5.41, 5.74) is 5.55. The van der Waals surface area contributed by atoms with E-state index >= 15 is 0 Å². The van der Waals surface area contributed by atoms with Gasteiger partial charge in [-0.15, -0.1) is 0 Å². The lowest BCUT2D eigenvalue weighted by molar-refractivity contribution is 0.0773. The van der Waals surface area contributed by atoms with E-state index < -0.39 is 0 Å². The van der Waals surface area contributed by atoms with Gasteiger partial charge in [-0.1, -0.05) is 5.16 Å². The maximum Gasteiger partial charge on any atom is 0.229 e. The number of hydrogen-bond donors (Lipinski definition) is 1. The molecule has 1 aliphatic heterocycles. The third kappa shape index (κ3) is 3.24. The molecule has 0 saturated carbocycles. The van der Waals surface area contributed by atoms with Crippen LogP contribution in [-0.2, 0) is 15.9 Å². The normalized spacial score (nSPS) is 22.6. The van der Waals surface area contributed by atoms with Gasteiger partial charge in [0.25, 0.3) is 0 Å². The number of nitrogens with two attached hydrogens (primary N) is 1. The molecule has 0 radical (unpaired) electrons. The van der Waals surface area contributed by atoms with E-state index in [0.29, 0.717) is 25.5 Å². The number of ether oxygens (including phenoxy) is 2. The summed E-state index contributed by atoms with van der Waals surface area (Å²) >= 11 is 0. The number of methoxy groups -OCH3 is 1. The first-order valence-corrected chi connectivity index (χ1v) is 5.96. The molecule has 0 aromatic carbocycles. The zero-order valence-corrected chi connectivity index (χ0v) is 10.1. The molecule has 6 nitrogen and oxygen atoms in total. The summed E-state index contributed by atoms with van der Waals surface area (Å²) in [6.07, 6.45) is 2.61. The van der Waals surface area contributed by atoms with Crippen LogP contribution in [0.5, 0.6) is 0 Å². The van der Waals surface area contributed by atoms with Crippen molar-refractivity contribution in [3.8, 4) is 0 Å². The Morgan fingerprint density at radius 3 is 3.12 bits per heavy atom. The Labute approximate surface area is 100 Å². The highest BCUT2D eigenvalue weighted by Gasteiger charge is 2.22. The predicted octanol–water partition coefficient (Wildman–Crippen LogP) is 0.480. The topological polar surface area (TPSA) is 83.4 Å². The van der Waals surface area contributed by atoms with Crippen molar-refractivity contribution in [2.75, 3.05) is 26.9 Å². The van der Waals surface area contributed by atoms with Crippen molar-refractivity contribution in [2.45, 2.75) is 31.3 Å². The van der Waals surface area contributed by atoms with E-state index in [4.69, 9.17) is 19.7 Å². The van der Waals surface area contributed by atoms with Gasteiger partial charge < -0.3 is 19.7 Å². The minimum Gasteiger partial charge on any atom is -0.381 e. The third-order valence-corrected chi connectivity index (χ3v) is 3.01. The first-order valence-electron chi connectivity index (χ1n) is 5.96. The summed E-state index contributed by atoms with van der Waals surface area (Å²) in [6.45, 7) is 1.96. The molecule has 1 saturated heterocycles. The van der Waals surface area contributed by atoms with Crippen LogP contribution in [0.3, 0.4) is 0 Å². The molecule has 0 amide bonds. The lowest BCUT2D eigenvalue weighted by Gasteiger charge is -2.18. The monoisotopic (exact) mass is 241 g/mol. The van der Waals surface area contributed by atoms with E-state index in [0.717, 1.165) is 25.3 Å². The Bertz CT molecular complexity index is 332. The fourth-order valence-corrected chi connectivity index (χ4v) is 1.92. The molecule has 1 aromatic rings. The van der Waals surface area contributed by atoms with Crippen LogP contribution in [0.4, 0.5) is 0 Å². The molecule has 96 valence electrons. The van der Waals surface area contributed by atoms with Crippen LogP contribution >= 0.6 is 0 Å². The van der Waals surface area contributed by atoms with Gasteiger partial charge >= 0.3 is 0 Å². The fraction of sp³-hybridized carbons (Fsp3) is 0.818. The highest BCUT2D eigenvalue weighted by Crippen LogP contribution is 2.23. The minimum atomic E-state index is -0.0640. The van der Waals surface area contributed by atoms with Crippen LogP contribution in [0.15, 0.2) is 4.52 Å². The van der Waals surface area contributed by atoms with Gasteiger partial charge in [-0.2, -0.15) is 4.98 Å². The number of nitrogens with zero attached hydrogens (tertiary/aromatic N) is 2. The van der Waals surface area contributed by atoms with Crippen LogP contribution in [0, 0.1) is 0 Å². The summed E-state index contributed by atoms with van der Waals surface area (Å²) in [7, 11) is 1.63. The van der Waals surface area contributed by atoms with Gasteiger partial charge in [0, 0.05) is 26.2 Å². The van der Waals surface area contributed by atoms with E-state index in [1.807, 2.05) is 0 Å². The first kappa shape index (κ1) is 12.5. The van der Waals surface area contributed by atoms with Crippen molar-refractivity contribution in [2.24, 2.45) is 5.73 Å². The Balaban J connectivity index is 1.94. The molecule has 17 heavy (non-hydrogen) atoms. The Morgan fingerprint density at radius 2 is 2.47 bits per heavy atom. The van der Waals surface area contributed by atoms with E-state index in [1.165, 1.54) is 0 Å². The Hall–Kier alpha value is -0.980. The SMILES string of the molecule is COC(CN)Cc1nc(C2CCCOC2)no1. The third-order valence-electron chi connectivity index (χ3n) is 3.01. The number of rotatable bonds is 5. The van der Waals surface area contributed by atoms with E-state index in [2.05, 4.69) is 10.1 Å². The average molecular weight is 241 g/mol. The van der Waals surface area contributed by atoms with Crippen LogP contribution in [0.25, 0.3) is 0 Å². The van der Waals surface area contributed by atoms with Crippen molar-refractivity contribution in [1.82, 2.24) is 10.1 Å². The molecule has 1 fully saturated rings. The summed E-state index contributed by atoms with van der Waals surface area (Å²) in [4.78, 5) is 4.38. The summed E-state index contributed by atoms with van der Waals surface area (Å²) in [6, 6.07) is 0. The summed E-state index contributed by atoms with van der Waals surface area (Å²) < 4.78 is 15.8. The van der Waals surface area contributed by atoms with Crippen molar-refractivity contribution in [1.29, 1.82) is 0 Å². The first-order chi connectivity index (χ1) is 8.33. The van der Waals surface area contributed by atoms with Crippen LogP contribution < -0.4 is 5.73 Å². The molecule has 2 unspecified atom stereocenters. The van der Waals surface area contributed by atoms with E-state index in [1.54, 1.807) is 7.11 Å². The molecule has 2 atom stereocenters. The predicted molar refractivity (Wildman–Crippen MR) is 60.6 cm³/mol. The van der Waals surface area contributed by atoms with Crippen molar-refractivity contribution < 1.29 is 14.0 Å². The van der Waals surface area contributed by atoms with Crippen LogP contribution in [0.1, 0.15) is 30.5 Å². The van der Waals surface area contributed by atoms with Gasteiger partial charge in [-0.05, 0) is 12.8 Å². The molecule has 2 rings (SSSR count). The quantitative estimate of drug-likeness (QED) is 0.807. The zero-order valence-electron chi connectivity index (χ0n) is 10.1. The molecular formula is C11H19N3O3. The van der Waals surface area contributed by atoms with Gasteiger partial charge in [-0.3, -0.25) is 0 Å². The van der Waals surface area contributed by atoms with Gasteiger partial charge in [-0.25, -0.2) is 0 Å². The molecule has 2 heterocycles. The van der Waals surface area contributed by atoms with Gasteiger partial charge in [0.15, 0.2) is 5.82 Å². The van der Waals surface area contributed by atoms with Crippen molar-refractivity contribution >= 4 is 0 Å². The van der Waals surface area contributed by atoms with Gasteiger partial charge in [0.05, 0.1) is 19.1 Å². The molecule has 6 heteroatoms. The molecular weight excluding hydrogens is 222 g/mol. The van der Waals surface area contributed by atoms with Crippen molar-refractivity contribution in [3.63, 3.8) is 0 Å². The standard InChI is InChI=1S/C11H19N3O3/c1-15-9(6-12)5-10-13-11(14-17-10)8-3-2-4-16-7-8/h8-9H,2-7,12H2,1H3. The highest BCUT2D eigenvalue weighted by atomic mass is 16.5. The van der Waals surface area contributed by atoms with Gasteiger partial charge in [0.1, 0.15) is 0 Å². The second kappa shape index (κ2) is 6.09. The van der Waals surface area contributed by atoms with Gasteiger partial charge in [0.2, 0.25) is 5.89 Å². The molecule has 1 aromatic heterocycles. The Kier molecular flexibility index (Phi) is 4.47. The van der Waals surface area contributed by atoms with Crippen LogP contribution in [0.2, 0.25) is 0 Å².